The van der Waals surface area contributed by atoms with Crippen LogP contribution in [0.4, 0.5) is 0 Å². The zero-order chi connectivity index (χ0) is 15.9. The topological polar surface area (TPSA) is 51.7 Å². The number of benzene rings is 1. The van der Waals surface area contributed by atoms with E-state index in [1.807, 2.05) is 36.6 Å². The second-order valence-electron chi connectivity index (χ2n) is 4.54. The third-order valence-corrected chi connectivity index (χ3v) is 3.77. The number of aromatic nitrogens is 1. The van der Waals surface area contributed by atoms with Crippen molar-refractivity contribution in [1.82, 2.24) is 10.0 Å². The minimum absolute atomic E-state index is 0.243. The highest BCUT2D eigenvalue weighted by molar-refractivity contribution is 7.09. The van der Waals surface area contributed by atoms with Gasteiger partial charge >= 0.3 is 0 Å². The highest BCUT2D eigenvalue weighted by Gasteiger charge is 2.05. The van der Waals surface area contributed by atoms with Gasteiger partial charge in [-0.25, -0.2) is 10.0 Å². The average molecular weight is 318 g/mol. The number of amides is 1. The number of nitrogens with zero attached hydrogens (tertiary/aromatic N) is 2. The zero-order valence-corrected chi connectivity index (χ0v) is 13.6. The Balaban J connectivity index is 2.06. The van der Waals surface area contributed by atoms with Crippen LogP contribution in [0.1, 0.15) is 16.3 Å². The van der Waals surface area contributed by atoms with Crippen LogP contribution >= 0.6 is 11.3 Å². The van der Waals surface area contributed by atoms with Crippen LogP contribution in [-0.2, 0) is 16.2 Å². The Bertz CT molecular complexity index is 667. The normalized spacial score (nSPS) is 10.9. The van der Waals surface area contributed by atoms with Crippen molar-refractivity contribution in [3.8, 4) is 5.75 Å². The number of aryl methyl sites for hydroxylation is 1. The van der Waals surface area contributed by atoms with Gasteiger partial charge in [0.15, 0.2) is 0 Å². The zero-order valence-electron chi connectivity index (χ0n) is 12.8. The number of hydrogen-bond acceptors (Lipinski definition) is 5. The lowest BCUT2D eigenvalue weighted by molar-refractivity contribution is -0.162. The van der Waals surface area contributed by atoms with Gasteiger partial charge in [-0.15, -0.1) is 11.3 Å². The number of hydroxylamine groups is 2. The van der Waals surface area contributed by atoms with Gasteiger partial charge in [-0.3, -0.25) is 9.63 Å². The van der Waals surface area contributed by atoms with Crippen molar-refractivity contribution in [2.75, 3.05) is 14.2 Å². The first-order chi connectivity index (χ1) is 10.6. The average Bonchev–Trinajstić information content (AvgIpc) is 2.96. The molecule has 0 saturated carbocycles. The van der Waals surface area contributed by atoms with Crippen LogP contribution in [0.15, 0.2) is 35.7 Å². The van der Waals surface area contributed by atoms with Gasteiger partial charge in [0.25, 0.3) is 5.91 Å². The molecular weight excluding hydrogens is 300 g/mol. The van der Waals surface area contributed by atoms with Crippen molar-refractivity contribution in [2.24, 2.45) is 0 Å². The fraction of sp³-hybridized carbons (Fsp3) is 0.250. The van der Waals surface area contributed by atoms with Gasteiger partial charge in [0.2, 0.25) is 0 Å². The lowest BCUT2D eigenvalue weighted by atomic mass is 10.2. The van der Waals surface area contributed by atoms with Gasteiger partial charge in [-0.05, 0) is 19.1 Å². The Kier molecular flexibility index (Phi) is 5.68. The summed E-state index contributed by atoms with van der Waals surface area (Å²) in [6.07, 6.45) is 3.15. The lowest BCUT2D eigenvalue weighted by Gasteiger charge is -2.11. The summed E-state index contributed by atoms with van der Waals surface area (Å²) in [5.41, 5.74) is 1.73. The molecule has 116 valence electrons. The van der Waals surface area contributed by atoms with Gasteiger partial charge in [0, 0.05) is 24.1 Å². The van der Waals surface area contributed by atoms with Gasteiger partial charge in [-0.2, -0.15) is 0 Å². The maximum Gasteiger partial charge on any atom is 0.269 e. The van der Waals surface area contributed by atoms with Crippen molar-refractivity contribution in [3.63, 3.8) is 0 Å². The van der Waals surface area contributed by atoms with E-state index >= 15 is 0 Å². The Labute approximate surface area is 133 Å². The number of thiazole rings is 1. The van der Waals surface area contributed by atoms with E-state index in [0.717, 1.165) is 21.3 Å². The van der Waals surface area contributed by atoms with E-state index in [1.54, 1.807) is 24.5 Å². The monoisotopic (exact) mass is 318 g/mol. The molecule has 2 aromatic rings. The van der Waals surface area contributed by atoms with Crippen LogP contribution in [0, 0.1) is 6.92 Å². The molecule has 0 unspecified atom stereocenters. The predicted molar refractivity (Wildman–Crippen MR) is 86.4 cm³/mol. The van der Waals surface area contributed by atoms with Gasteiger partial charge in [0.1, 0.15) is 12.4 Å². The summed E-state index contributed by atoms with van der Waals surface area (Å²) >= 11 is 1.59. The summed E-state index contributed by atoms with van der Waals surface area (Å²) in [6, 6.07) is 7.54. The van der Waals surface area contributed by atoms with Crippen LogP contribution in [0.25, 0.3) is 6.08 Å². The van der Waals surface area contributed by atoms with E-state index in [2.05, 4.69) is 4.98 Å². The maximum atomic E-state index is 11.7. The number of rotatable bonds is 6. The molecular formula is C16H18N2O3S. The largest absolute Gasteiger partial charge is 0.487 e. The molecule has 0 bridgehead atoms. The SMILES string of the molecule is CON(C)C(=O)/C=C/c1ccccc1OCc1csc(C)n1. The molecule has 6 heteroatoms. The molecule has 0 aliphatic carbocycles. The number of likely N-dealkylation sites (N-methyl/N-ethyl adjacent to an activating group) is 1. The minimum Gasteiger partial charge on any atom is -0.487 e. The van der Waals surface area contributed by atoms with Crippen molar-refractivity contribution in [1.29, 1.82) is 0 Å². The summed E-state index contributed by atoms with van der Waals surface area (Å²) < 4.78 is 5.79. The molecule has 0 aliphatic rings. The van der Waals surface area contributed by atoms with Crippen molar-refractivity contribution < 1.29 is 14.4 Å². The molecule has 1 aromatic carbocycles. The van der Waals surface area contributed by atoms with Gasteiger partial charge in [-0.1, -0.05) is 18.2 Å². The molecule has 22 heavy (non-hydrogen) atoms. The smallest absolute Gasteiger partial charge is 0.269 e. The summed E-state index contributed by atoms with van der Waals surface area (Å²) in [7, 11) is 3.00. The summed E-state index contributed by atoms with van der Waals surface area (Å²) in [5.74, 6) is 0.463. The first-order valence-electron chi connectivity index (χ1n) is 6.73. The third-order valence-electron chi connectivity index (χ3n) is 2.95. The van der Waals surface area contributed by atoms with Crippen molar-refractivity contribution >= 4 is 23.3 Å². The van der Waals surface area contributed by atoms with Crippen LogP contribution in [-0.4, -0.2) is 30.1 Å². The third kappa shape index (κ3) is 4.41. The number of carbonyl (C=O) groups is 1. The number of hydrogen-bond donors (Lipinski definition) is 0. The maximum absolute atomic E-state index is 11.7. The van der Waals surface area contributed by atoms with Crippen LogP contribution in [0.5, 0.6) is 5.75 Å². The van der Waals surface area contributed by atoms with Gasteiger partial charge in [0.05, 0.1) is 17.8 Å². The second kappa shape index (κ2) is 7.72. The van der Waals surface area contributed by atoms with Gasteiger partial charge < -0.3 is 4.74 Å². The Morgan fingerprint density at radius 1 is 1.41 bits per heavy atom. The Morgan fingerprint density at radius 2 is 2.18 bits per heavy atom. The Hall–Kier alpha value is -2.18. The molecule has 1 aromatic heterocycles. The fourth-order valence-corrected chi connectivity index (χ4v) is 2.33. The summed E-state index contributed by atoms with van der Waals surface area (Å²) in [6.45, 7) is 2.36. The molecule has 1 heterocycles. The van der Waals surface area contributed by atoms with E-state index in [0.29, 0.717) is 12.4 Å². The molecule has 0 spiro atoms. The van der Waals surface area contributed by atoms with E-state index in [4.69, 9.17) is 9.57 Å². The molecule has 0 atom stereocenters. The van der Waals surface area contributed by atoms with E-state index in [-0.39, 0.29) is 5.91 Å². The van der Waals surface area contributed by atoms with Crippen LogP contribution < -0.4 is 4.74 Å². The first-order valence-corrected chi connectivity index (χ1v) is 7.61. The molecule has 0 N–H and O–H groups in total. The molecule has 5 nitrogen and oxygen atoms in total. The summed E-state index contributed by atoms with van der Waals surface area (Å²) in [5, 5.41) is 4.14. The minimum atomic E-state index is -0.243. The number of para-hydroxylation sites is 1. The standard InChI is InChI=1S/C16H18N2O3S/c1-12-17-14(11-22-12)10-21-15-7-5-4-6-13(15)8-9-16(19)18(2)20-3/h4-9,11H,10H2,1-3H3/b9-8+. The quantitative estimate of drug-likeness (QED) is 0.607. The van der Waals surface area contributed by atoms with E-state index in [1.165, 1.54) is 13.2 Å². The highest BCUT2D eigenvalue weighted by atomic mass is 32.1. The van der Waals surface area contributed by atoms with Crippen LogP contribution in [0.3, 0.4) is 0 Å². The molecule has 2 rings (SSSR count). The van der Waals surface area contributed by atoms with E-state index < -0.39 is 0 Å². The van der Waals surface area contributed by atoms with Crippen LogP contribution in [0.2, 0.25) is 0 Å². The second-order valence-corrected chi connectivity index (χ2v) is 5.60. The Morgan fingerprint density at radius 3 is 2.86 bits per heavy atom. The molecule has 1 amide bonds. The molecule has 0 aliphatic heterocycles. The molecule has 0 saturated heterocycles. The highest BCUT2D eigenvalue weighted by Crippen LogP contribution is 2.21. The van der Waals surface area contributed by atoms with Crippen molar-refractivity contribution in [3.05, 3.63) is 52.0 Å². The molecule has 0 fully saturated rings. The lowest BCUT2D eigenvalue weighted by Crippen LogP contribution is -2.22. The fourth-order valence-electron chi connectivity index (χ4n) is 1.73. The summed E-state index contributed by atoms with van der Waals surface area (Å²) in [4.78, 5) is 20.9. The first kappa shape index (κ1) is 16.2. The molecule has 0 radical (unpaired) electrons. The van der Waals surface area contributed by atoms with E-state index in [9.17, 15) is 4.79 Å². The predicted octanol–water partition coefficient (Wildman–Crippen LogP) is 3.06. The number of ether oxygens (including phenoxy) is 1. The van der Waals surface area contributed by atoms with Crippen molar-refractivity contribution in [2.45, 2.75) is 13.5 Å². The number of carbonyl (C=O) groups excluding carboxylic acids is 1.